The lowest BCUT2D eigenvalue weighted by Gasteiger charge is -2.25. The Kier molecular flexibility index (Phi) is 12.0. The highest BCUT2D eigenvalue weighted by molar-refractivity contribution is 6.37. The van der Waals surface area contributed by atoms with Gasteiger partial charge in [0.2, 0.25) is 35.3 Å². The predicted molar refractivity (Wildman–Crippen MR) is 170 cm³/mol. The van der Waals surface area contributed by atoms with E-state index in [4.69, 9.17) is 4.74 Å². The molecule has 2 aromatic carbocycles. The van der Waals surface area contributed by atoms with Crippen molar-refractivity contribution in [2.75, 3.05) is 45.2 Å². The van der Waals surface area contributed by atoms with E-state index in [0.717, 1.165) is 19.3 Å². The molecule has 14 nitrogen and oxygen atoms in total. The van der Waals surface area contributed by atoms with Crippen LogP contribution in [0.3, 0.4) is 0 Å². The lowest BCUT2D eigenvalue weighted by molar-refractivity contribution is -0.139. The van der Waals surface area contributed by atoms with E-state index in [1.54, 1.807) is 62.6 Å². The number of fused-ring (bicyclic) bond motifs is 1. The van der Waals surface area contributed by atoms with Crippen molar-refractivity contribution in [3.8, 4) is 5.75 Å². The molecule has 4 rings (SSSR count). The number of rotatable bonds is 9. The highest BCUT2D eigenvalue weighted by atomic mass is 16.5. The van der Waals surface area contributed by atoms with Gasteiger partial charge < -0.3 is 30.9 Å². The molecule has 250 valence electrons. The molecule has 0 aromatic heterocycles. The Bertz CT molecular complexity index is 1510. The van der Waals surface area contributed by atoms with E-state index in [0.29, 0.717) is 35.6 Å². The van der Waals surface area contributed by atoms with E-state index in [-0.39, 0.29) is 31.2 Å². The molecule has 0 saturated carbocycles. The summed E-state index contributed by atoms with van der Waals surface area (Å²) in [6.07, 6.45) is 3.69. The molecule has 2 aliphatic heterocycles. The number of amides is 6. The van der Waals surface area contributed by atoms with Gasteiger partial charge in [-0.1, -0.05) is 49.2 Å². The first kappa shape index (κ1) is 34.6. The third-order valence-corrected chi connectivity index (χ3v) is 7.83. The summed E-state index contributed by atoms with van der Waals surface area (Å²) in [5, 5.41) is 9.82. The molecule has 2 atom stereocenters. The molecule has 0 saturated heterocycles. The fourth-order valence-corrected chi connectivity index (χ4v) is 5.32. The molecule has 2 unspecified atom stereocenters. The molecule has 2 aliphatic rings. The van der Waals surface area contributed by atoms with Crippen molar-refractivity contribution in [1.82, 2.24) is 26.2 Å². The van der Waals surface area contributed by atoms with Gasteiger partial charge in [-0.25, -0.2) is 0 Å². The summed E-state index contributed by atoms with van der Waals surface area (Å²) in [5.74, 6) is -4.12. The number of hydrogen-bond donors (Lipinski definition) is 4. The van der Waals surface area contributed by atoms with Crippen LogP contribution in [-0.4, -0.2) is 92.5 Å². The van der Waals surface area contributed by atoms with Crippen molar-refractivity contribution in [1.29, 1.82) is 0 Å². The van der Waals surface area contributed by atoms with E-state index >= 15 is 0 Å². The number of nitrogens with one attached hydrogen (secondary N) is 4. The monoisotopic (exact) mass is 648 g/mol. The van der Waals surface area contributed by atoms with Crippen LogP contribution in [0.2, 0.25) is 0 Å². The average Bonchev–Trinajstić information content (AvgIpc) is 3.45. The SMILES string of the molecule is CN(C)C(=O)C(NC(=O)CNC(=O)C(=O)CNC(=O)C1Cc2ccc3cc2N1C(=O)CNC(=O)CCCCCCO3)c1ccccc1. The summed E-state index contributed by atoms with van der Waals surface area (Å²) in [6, 6.07) is 11.8. The van der Waals surface area contributed by atoms with E-state index in [1.807, 2.05) is 0 Å². The number of Topliss-reactive ketones (excluding diaryl/α,β-unsaturated/α-hetero) is 1. The topological polar surface area (TPSA) is 183 Å². The van der Waals surface area contributed by atoms with Crippen LogP contribution < -0.4 is 30.9 Å². The molecular weight excluding hydrogens is 608 g/mol. The van der Waals surface area contributed by atoms with Crippen LogP contribution in [-0.2, 0) is 40.0 Å². The zero-order valence-electron chi connectivity index (χ0n) is 26.5. The minimum absolute atomic E-state index is 0.149. The number of ether oxygens (including phenoxy) is 1. The number of likely N-dealkylation sites (N-methyl/N-ethyl adjacent to an activating group) is 1. The fraction of sp³-hybridized carbons (Fsp3) is 0.424. The van der Waals surface area contributed by atoms with Gasteiger partial charge in [0.1, 0.15) is 17.8 Å². The maximum Gasteiger partial charge on any atom is 0.289 e. The van der Waals surface area contributed by atoms with Crippen LogP contribution in [0.4, 0.5) is 5.69 Å². The van der Waals surface area contributed by atoms with Gasteiger partial charge >= 0.3 is 0 Å². The molecule has 14 heteroatoms. The molecule has 47 heavy (non-hydrogen) atoms. The lowest BCUT2D eigenvalue weighted by atomic mass is 10.1. The van der Waals surface area contributed by atoms with Gasteiger partial charge in [0, 0.05) is 33.0 Å². The Balaban J connectivity index is 1.35. The third kappa shape index (κ3) is 9.37. The summed E-state index contributed by atoms with van der Waals surface area (Å²) in [6.45, 7) is -1.12. The number of nitrogens with zero attached hydrogens (tertiary/aromatic N) is 2. The van der Waals surface area contributed by atoms with Gasteiger partial charge in [-0.2, -0.15) is 0 Å². The predicted octanol–water partition coefficient (Wildman–Crippen LogP) is 0.151. The van der Waals surface area contributed by atoms with Gasteiger partial charge in [-0.3, -0.25) is 38.5 Å². The third-order valence-electron chi connectivity index (χ3n) is 7.83. The van der Waals surface area contributed by atoms with E-state index < -0.39 is 54.6 Å². The molecular formula is C33H40N6O8. The number of hydrogen-bond acceptors (Lipinski definition) is 8. The van der Waals surface area contributed by atoms with Crippen molar-refractivity contribution in [3.63, 3.8) is 0 Å². The van der Waals surface area contributed by atoms with Gasteiger partial charge in [0.25, 0.3) is 5.91 Å². The lowest BCUT2D eigenvalue weighted by Crippen LogP contribution is -2.52. The normalized spacial score (nSPS) is 17.1. The Morgan fingerprint density at radius 2 is 1.70 bits per heavy atom. The molecule has 6 amide bonds. The van der Waals surface area contributed by atoms with Crippen LogP contribution in [0, 0.1) is 0 Å². The van der Waals surface area contributed by atoms with Crippen LogP contribution in [0.25, 0.3) is 0 Å². The summed E-state index contributed by atoms with van der Waals surface area (Å²) >= 11 is 0. The van der Waals surface area contributed by atoms with Gasteiger partial charge in [0.05, 0.1) is 31.9 Å². The van der Waals surface area contributed by atoms with Crippen LogP contribution >= 0.6 is 0 Å². The van der Waals surface area contributed by atoms with Crippen LogP contribution in [0.15, 0.2) is 48.5 Å². The zero-order chi connectivity index (χ0) is 33.9. The van der Waals surface area contributed by atoms with E-state index in [2.05, 4.69) is 21.3 Å². The number of anilines is 1. The summed E-state index contributed by atoms with van der Waals surface area (Å²) in [7, 11) is 3.09. The minimum Gasteiger partial charge on any atom is -0.494 e. The van der Waals surface area contributed by atoms with Gasteiger partial charge in [0.15, 0.2) is 0 Å². The van der Waals surface area contributed by atoms with Crippen molar-refractivity contribution in [2.45, 2.75) is 50.6 Å². The van der Waals surface area contributed by atoms with Crippen LogP contribution in [0.5, 0.6) is 5.75 Å². The first-order valence-corrected chi connectivity index (χ1v) is 15.5. The van der Waals surface area contributed by atoms with Crippen molar-refractivity contribution >= 4 is 46.9 Å². The quantitative estimate of drug-likeness (QED) is 0.277. The van der Waals surface area contributed by atoms with Crippen molar-refractivity contribution < 1.29 is 38.3 Å². The highest BCUT2D eigenvalue weighted by Crippen LogP contribution is 2.35. The largest absolute Gasteiger partial charge is 0.494 e. The first-order valence-electron chi connectivity index (χ1n) is 15.5. The molecule has 4 N–H and O–H groups in total. The summed E-state index contributed by atoms with van der Waals surface area (Å²) < 4.78 is 5.86. The van der Waals surface area contributed by atoms with Crippen molar-refractivity contribution in [3.05, 3.63) is 59.7 Å². The fourth-order valence-electron chi connectivity index (χ4n) is 5.32. The second-order valence-electron chi connectivity index (χ2n) is 11.5. The number of ketones is 1. The first-order chi connectivity index (χ1) is 22.5. The molecule has 0 aliphatic carbocycles. The number of benzene rings is 2. The molecule has 2 aromatic rings. The Morgan fingerprint density at radius 1 is 0.957 bits per heavy atom. The van der Waals surface area contributed by atoms with Crippen molar-refractivity contribution in [2.24, 2.45) is 0 Å². The minimum atomic E-state index is -1.11. The molecule has 0 spiro atoms. The summed E-state index contributed by atoms with van der Waals surface area (Å²) in [4.78, 5) is 91.8. The van der Waals surface area contributed by atoms with Gasteiger partial charge in [-0.15, -0.1) is 0 Å². The number of carbonyl (C=O) groups is 7. The number of carbonyl (C=O) groups excluding carboxylic acids is 7. The van der Waals surface area contributed by atoms with E-state index in [9.17, 15) is 33.6 Å². The van der Waals surface area contributed by atoms with E-state index in [1.165, 1.54) is 9.80 Å². The molecule has 2 heterocycles. The zero-order valence-corrected chi connectivity index (χ0v) is 26.5. The van der Waals surface area contributed by atoms with Crippen LogP contribution in [0.1, 0.15) is 49.3 Å². The second-order valence-corrected chi connectivity index (χ2v) is 11.5. The maximum absolute atomic E-state index is 13.3. The molecule has 2 bridgehead atoms. The molecule has 0 fully saturated rings. The standard InChI is InChI=1S/C33H40N6O8/c1-38(2)33(46)30(21-10-6-5-7-11-21)37-28(42)19-36-32(45)26(40)18-35-31(44)25-16-22-13-14-23-17-24(22)39(25)29(43)20-34-27(41)12-8-3-4-9-15-47-23/h5-7,10-11,13-14,17,25,30H,3-4,8-9,12,15-16,18-20H2,1-2H3,(H,34,41)(H,35,44)(H,36,45)(H,37,42). The molecule has 0 radical (unpaired) electrons. The van der Waals surface area contributed by atoms with Gasteiger partial charge in [-0.05, 0) is 30.0 Å². The Labute approximate surface area is 272 Å². The average molecular weight is 649 g/mol. The highest BCUT2D eigenvalue weighted by Gasteiger charge is 2.39. The Morgan fingerprint density at radius 3 is 2.45 bits per heavy atom. The second kappa shape index (κ2) is 16.3. The summed E-state index contributed by atoms with van der Waals surface area (Å²) in [5.41, 5.74) is 1.72. The smallest absolute Gasteiger partial charge is 0.289 e. The maximum atomic E-state index is 13.3. The Hall–Kier alpha value is -5.27.